The van der Waals surface area contributed by atoms with E-state index in [9.17, 15) is 24.0 Å². The molecule has 5 heterocycles. The van der Waals surface area contributed by atoms with Crippen molar-refractivity contribution in [3.63, 3.8) is 0 Å². The minimum atomic E-state index is -0.646. The molecule has 5 aliphatic rings. The van der Waals surface area contributed by atoms with Gasteiger partial charge in [-0.1, -0.05) is 39.0 Å². The summed E-state index contributed by atoms with van der Waals surface area (Å²) in [5.41, 5.74) is 8.35. The predicted octanol–water partition coefficient (Wildman–Crippen LogP) is 5.41. The number of thioether (sulfide) groups is 1. The van der Waals surface area contributed by atoms with E-state index in [0.29, 0.717) is 49.1 Å². The van der Waals surface area contributed by atoms with Crippen LogP contribution in [0.25, 0.3) is 15.7 Å². The Morgan fingerprint density at radius 1 is 0.967 bits per heavy atom. The van der Waals surface area contributed by atoms with E-state index in [-0.39, 0.29) is 29.9 Å². The van der Waals surface area contributed by atoms with Crippen molar-refractivity contribution < 1.29 is 24.0 Å². The third-order valence-electron chi connectivity index (χ3n) is 13.6. The Labute approximate surface area is 360 Å². The van der Waals surface area contributed by atoms with Gasteiger partial charge in [0.05, 0.1) is 18.7 Å². The molecule has 13 nitrogen and oxygen atoms in total. The van der Waals surface area contributed by atoms with Crippen LogP contribution in [0.4, 0.5) is 11.4 Å². The van der Waals surface area contributed by atoms with Crippen LogP contribution in [0.15, 0.2) is 53.4 Å². The molecular weight excluding hydrogens is 789 g/mol. The third-order valence-corrected chi connectivity index (χ3v) is 14.7. The van der Waals surface area contributed by atoms with Crippen molar-refractivity contribution in [1.82, 2.24) is 30.3 Å². The maximum absolute atomic E-state index is 14.1. The van der Waals surface area contributed by atoms with E-state index in [2.05, 4.69) is 68.1 Å². The van der Waals surface area contributed by atoms with E-state index in [4.69, 9.17) is 6.57 Å². The Morgan fingerprint density at radius 2 is 1.75 bits per heavy atom. The van der Waals surface area contributed by atoms with Crippen molar-refractivity contribution in [3.8, 4) is 0 Å². The molecule has 9 rings (SSSR count). The number of aromatic nitrogens is 1. The molecule has 0 bridgehead atoms. The molecule has 4 aliphatic heterocycles. The zero-order valence-electron chi connectivity index (χ0n) is 35.1. The number of rotatable bonds is 10. The van der Waals surface area contributed by atoms with Crippen molar-refractivity contribution in [2.75, 3.05) is 63.0 Å². The van der Waals surface area contributed by atoms with Gasteiger partial charge in [0.25, 0.3) is 5.91 Å². The summed E-state index contributed by atoms with van der Waals surface area (Å²) in [6.07, 6.45) is 3.51. The summed E-state index contributed by atoms with van der Waals surface area (Å²) < 4.78 is 0. The molecule has 4 aromatic rings. The largest absolute Gasteiger partial charge is 0.371 e. The zero-order valence-corrected chi connectivity index (χ0v) is 35.9. The minimum absolute atomic E-state index is 0.0107. The van der Waals surface area contributed by atoms with Crippen LogP contribution in [-0.4, -0.2) is 119 Å². The molecule has 1 aromatic heterocycles. The smallest absolute Gasteiger partial charge is 0.255 e. The van der Waals surface area contributed by atoms with Gasteiger partial charge in [-0.3, -0.25) is 39.1 Å². The summed E-state index contributed by atoms with van der Waals surface area (Å²) >= 11 is 1.59. The van der Waals surface area contributed by atoms with Crippen molar-refractivity contribution in [2.45, 2.75) is 81.8 Å². The summed E-state index contributed by atoms with van der Waals surface area (Å²) in [5.74, 6) is -0.191. The van der Waals surface area contributed by atoms with E-state index in [1.165, 1.54) is 11.3 Å². The highest BCUT2D eigenvalue weighted by atomic mass is 32.2. The van der Waals surface area contributed by atoms with Crippen LogP contribution in [0.5, 0.6) is 0 Å². The van der Waals surface area contributed by atoms with Gasteiger partial charge in [0.15, 0.2) is 11.5 Å². The first kappa shape index (κ1) is 40.9. The van der Waals surface area contributed by atoms with Gasteiger partial charge in [-0.25, -0.2) is 4.85 Å². The number of aromatic amines is 1. The second kappa shape index (κ2) is 16.4. The number of anilines is 1. The number of aryl methyl sites for hydroxylation is 1. The molecule has 3 N–H and O–H groups in total. The van der Waals surface area contributed by atoms with Crippen LogP contribution in [0.3, 0.4) is 0 Å². The Balaban J connectivity index is 0.745. The average molecular weight is 841 g/mol. The first-order valence-electron chi connectivity index (χ1n) is 21.6. The van der Waals surface area contributed by atoms with Crippen LogP contribution < -0.4 is 15.5 Å². The molecule has 1 unspecified atom stereocenters. The molecule has 0 spiro atoms. The van der Waals surface area contributed by atoms with Gasteiger partial charge in [-0.15, -0.1) is 11.8 Å². The number of fused-ring (bicyclic) bond motifs is 5. The topological polar surface area (TPSA) is 143 Å². The lowest BCUT2D eigenvalue weighted by Crippen LogP contribution is -2.54. The summed E-state index contributed by atoms with van der Waals surface area (Å²) in [6, 6.07) is 15.4. The van der Waals surface area contributed by atoms with Gasteiger partial charge in [0.2, 0.25) is 17.7 Å². The maximum Gasteiger partial charge on any atom is 0.255 e. The van der Waals surface area contributed by atoms with Gasteiger partial charge < -0.3 is 20.1 Å². The highest BCUT2D eigenvalue weighted by molar-refractivity contribution is 7.99. The lowest BCUT2D eigenvalue weighted by Gasteiger charge is -2.44. The SMILES string of the molecule is [C-]#[N+]c1ccc2c3c([nH]c2c1)C(C)(C)c1cc(N2CCC(N4CCN(CC(=O)NCCSc5cccc6c5CN(C5CCC(=O)NC5=O)C6=O)CC4)CC2)c(CC)cc1C3=O. The fraction of sp³-hybridized carbons (Fsp3) is 0.447. The maximum atomic E-state index is 14.1. The van der Waals surface area contributed by atoms with Gasteiger partial charge in [0.1, 0.15) is 6.04 Å². The fourth-order valence-corrected chi connectivity index (χ4v) is 11.2. The summed E-state index contributed by atoms with van der Waals surface area (Å²) in [4.78, 5) is 81.4. The number of hydrogen-bond acceptors (Lipinski definition) is 9. The standard InChI is InChI=1S/C47H52N8O5S/c1-5-28-23-33-35(47(2,3)44-42(43(33)58)32-10-9-29(48-4)24-36(32)50-44)25-38(28)54-16-13-30(14-17-54)53-20-18-52(19-21-53)27-41(57)49-15-22-61-39-8-6-7-31-34(39)26-55(46(31)60)37-11-12-40(56)51-45(37)59/h6-10,23-25,30,37,50H,5,11-22,26-27H2,1-3H3,(H,49,57)(H,51,56,59). The number of carbonyl (C=O) groups is 5. The van der Waals surface area contributed by atoms with E-state index in [1.54, 1.807) is 28.8 Å². The van der Waals surface area contributed by atoms with Crippen molar-refractivity contribution in [2.24, 2.45) is 0 Å². The molecule has 1 aliphatic carbocycles. The molecule has 61 heavy (non-hydrogen) atoms. The molecule has 316 valence electrons. The molecule has 14 heteroatoms. The van der Waals surface area contributed by atoms with Crippen molar-refractivity contribution in [3.05, 3.63) is 99.0 Å². The van der Waals surface area contributed by atoms with E-state index >= 15 is 0 Å². The van der Waals surface area contributed by atoms with Crippen LogP contribution in [0, 0.1) is 6.57 Å². The van der Waals surface area contributed by atoms with E-state index < -0.39 is 17.4 Å². The van der Waals surface area contributed by atoms with Crippen LogP contribution >= 0.6 is 11.8 Å². The van der Waals surface area contributed by atoms with Crippen LogP contribution in [0.1, 0.15) is 95.1 Å². The first-order chi connectivity index (χ1) is 29.4. The number of H-pyrrole nitrogens is 1. The van der Waals surface area contributed by atoms with Gasteiger partial charge in [-0.05, 0) is 72.7 Å². The lowest BCUT2D eigenvalue weighted by molar-refractivity contribution is -0.137. The number of piperidine rings is 2. The number of carbonyl (C=O) groups excluding carboxylic acids is 5. The molecule has 3 fully saturated rings. The van der Waals surface area contributed by atoms with Crippen molar-refractivity contribution in [1.29, 1.82) is 0 Å². The van der Waals surface area contributed by atoms with Crippen molar-refractivity contribution >= 4 is 63.5 Å². The summed E-state index contributed by atoms with van der Waals surface area (Å²) in [6.45, 7) is 20.7. The number of nitrogens with one attached hydrogen (secondary N) is 3. The Kier molecular flexibility index (Phi) is 11.0. The molecule has 3 saturated heterocycles. The number of piperazine rings is 1. The molecule has 3 aromatic carbocycles. The third kappa shape index (κ3) is 7.51. The van der Waals surface area contributed by atoms with Crippen LogP contribution in [-0.2, 0) is 32.8 Å². The molecule has 4 amide bonds. The second-order valence-corrected chi connectivity index (χ2v) is 18.6. The lowest BCUT2D eigenvalue weighted by atomic mass is 9.70. The quantitative estimate of drug-likeness (QED) is 0.0828. The zero-order chi connectivity index (χ0) is 42.6. The number of benzene rings is 3. The second-order valence-electron chi connectivity index (χ2n) is 17.5. The number of hydrogen-bond donors (Lipinski definition) is 3. The van der Waals surface area contributed by atoms with Gasteiger partial charge in [0, 0.05) is 114 Å². The monoisotopic (exact) mass is 840 g/mol. The first-order valence-corrected chi connectivity index (χ1v) is 22.6. The Morgan fingerprint density at radius 3 is 2.49 bits per heavy atom. The van der Waals surface area contributed by atoms with Gasteiger partial charge >= 0.3 is 0 Å². The summed E-state index contributed by atoms with van der Waals surface area (Å²) in [5, 5.41) is 6.31. The number of amides is 4. The summed E-state index contributed by atoms with van der Waals surface area (Å²) in [7, 11) is 0. The Hall–Kier alpha value is -5.49. The molecular formula is C47H52N8O5S. The van der Waals surface area contributed by atoms with E-state index in [0.717, 1.165) is 102 Å². The Bertz CT molecular complexity index is 2510. The number of nitrogens with zero attached hydrogens (tertiary/aromatic N) is 5. The fourth-order valence-electron chi connectivity index (χ4n) is 10.2. The normalized spacial score (nSPS) is 20.7. The van der Waals surface area contributed by atoms with E-state index in [1.807, 2.05) is 24.3 Å². The van der Waals surface area contributed by atoms with Crippen LogP contribution in [0.2, 0.25) is 0 Å². The molecule has 0 saturated carbocycles. The number of ketones is 1. The average Bonchev–Trinajstić information content (AvgIpc) is 3.83. The van der Waals surface area contributed by atoms with Gasteiger partial charge in [-0.2, -0.15) is 0 Å². The number of imide groups is 1. The highest BCUT2D eigenvalue weighted by Crippen LogP contribution is 2.46. The predicted molar refractivity (Wildman–Crippen MR) is 235 cm³/mol. The minimum Gasteiger partial charge on any atom is -0.371 e. The molecule has 1 atom stereocenters. The highest BCUT2D eigenvalue weighted by Gasteiger charge is 2.42. The molecule has 0 radical (unpaired) electrons.